The Labute approximate surface area is 125 Å². The maximum atomic E-state index is 12.7. The fourth-order valence-electron chi connectivity index (χ4n) is 1.43. The van der Waals surface area contributed by atoms with Crippen LogP contribution in [0.5, 0.6) is 5.75 Å². The van der Waals surface area contributed by atoms with Crippen molar-refractivity contribution in [1.82, 2.24) is 14.5 Å². The van der Waals surface area contributed by atoms with Crippen LogP contribution in [0.2, 0.25) is 0 Å². The highest BCUT2D eigenvalue weighted by Crippen LogP contribution is 2.37. The fourth-order valence-corrected chi connectivity index (χ4v) is 1.43. The Morgan fingerprint density at radius 1 is 1.22 bits per heavy atom. The lowest BCUT2D eigenvalue weighted by atomic mass is 10.4. The van der Waals surface area contributed by atoms with Gasteiger partial charge in [0.15, 0.2) is 0 Å². The monoisotopic (exact) mass is 336 g/mol. The van der Waals surface area contributed by atoms with Crippen LogP contribution in [0.3, 0.4) is 0 Å². The van der Waals surface area contributed by atoms with Gasteiger partial charge in [-0.15, -0.1) is 0 Å². The highest BCUT2D eigenvalue weighted by molar-refractivity contribution is 6.02. The number of alkyl halides is 5. The molecule has 0 aromatic carbocycles. The maximum absolute atomic E-state index is 12.7. The number of carbonyl (C=O) groups is 1. The van der Waals surface area contributed by atoms with E-state index in [2.05, 4.69) is 20.0 Å². The van der Waals surface area contributed by atoms with Gasteiger partial charge in [0.05, 0.1) is 12.5 Å². The van der Waals surface area contributed by atoms with E-state index in [0.29, 0.717) is 6.20 Å². The molecule has 0 radical (unpaired) electrons. The zero-order chi connectivity index (χ0) is 17.3. The van der Waals surface area contributed by atoms with Crippen molar-refractivity contribution in [3.05, 3.63) is 36.5 Å². The zero-order valence-electron chi connectivity index (χ0n) is 11.4. The largest absolute Gasteiger partial charge is 0.499 e. The van der Waals surface area contributed by atoms with Crippen molar-refractivity contribution in [2.24, 2.45) is 7.05 Å². The van der Waals surface area contributed by atoms with Crippen LogP contribution in [-0.2, 0) is 7.05 Å². The maximum Gasteiger partial charge on any atom is 0.499 e. The third-order valence-electron chi connectivity index (χ3n) is 2.49. The lowest BCUT2D eigenvalue weighted by Crippen LogP contribution is -2.41. The minimum Gasteiger partial charge on any atom is -0.424 e. The normalized spacial score (nSPS) is 12.1. The molecule has 0 saturated carbocycles. The second-order valence-corrected chi connectivity index (χ2v) is 4.37. The lowest BCUT2D eigenvalue weighted by molar-refractivity contribution is -0.360. The van der Waals surface area contributed by atoms with E-state index >= 15 is 0 Å². The molecule has 23 heavy (non-hydrogen) atoms. The molecule has 1 amide bonds. The van der Waals surface area contributed by atoms with E-state index in [1.807, 2.05) is 0 Å². The average molecular weight is 336 g/mol. The van der Waals surface area contributed by atoms with Gasteiger partial charge in [0.25, 0.3) is 5.91 Å². The molecule has 6 nitrogen and oxygen atoms in total. The van der Waals surface area contributed by atoms with E-state index in [1.54, 1.807) is 7.05 Å². The Morgan fingerprint density at radius 2 is 1.91 bits per heavy atom. The van der Waals surface area contributed by atoms with Crippen molar-refractivity contribution in [2.45, 2.75) is 12.3 Å². The molecule has 2 aromatic rings. The smallest absolute Gasteiger partial charge is 0.424 e. The van der Waals surface area contributed by atoms with Gasteiger partial charge in [-0.2, -0.15) is 22.0 Å². The summed E-state index contributed by atoms with van der Waals surface area (Å²) in [6, 6.07) is 1.84. The molecular weight excluding hydrogens is 327 g/mol. The first-order valence-electron chi connectivity index (χ1n) is 5.97. The van der Waals surface area contributed by atoms with Gasteiger partial charge in [-0.3, -0.25) is 4.79 Å². The lowest BCUT2D eigenvalue weighted by Gasteiger charge is -2.19. The summed E-state index contributed by atoms with van der Waals surface area (Å²) in [6.45, 7) is 0. The number of halogens is 5. The van der Waals surface area contributed by atoms with Gasteiger partial charge < -0.3 is 14.6 Å². The molecular formula is C12H9F5N4O2. The summed E-state index contributed by atoms with van der Waals surface area (Å²) in [5.74, 6) is -1.49. The Morgan fingerprint density at radius 3 is 2.39 bits per heavy atom. The number of nitrogens with zero attached hydrogens (tertiary/aromatic N) is 3. The predicted octanol–water partition coefficient (Wildman–Crippen LogP) is 2.60. The Kier molecular flexibility index (Phi) is 4.21. The van der Waals surface area contributed by atoms with Gasteiger partial charge in [-0.25, -0.2) is 9.97 Å². The van der Waals surface area contributed by atoms with Crippen LogP contribution in [0.1, 0.15) is 10.5 Å². The number of rotatable bonds is 4. The van der Waals surface area contributed by atoms with Crippen LogP contribution < -0.4 is 10.1 Å². The number of ether oxygens (including phenoxy) is 1. The Hall–Kier alpha value is -2.72. The minimum atomic E-state index is -5.85. The molecule has 2 heterocycles. The van der Waals surface area contributed by atoms with E-state index in [0.717, 1.165) is 12.1 Å². The number of carbonyl (C=O) groups excluding carboxylic acids is 1. The van der Waals surface area contributed by atoms with Gasteiger partial charge in [-0.05, 0) is 12.1 Å². The molecule has 0 aliphatic heterocycles. The van der Waals surface area contributed by atoms with Crippen LogP contribution in [0.25, 0.3) is 0 Å². The molecule has 0 unspecified atom stereocenters. The molecule has 2 rings (SSSR count). The number of aryl methyl sites for hydroxylation is 1. The van der Waals surface area contributed by atoms with E-state index < -0.39 is 23.9 Å². The number of anilines is 1. The standard InChI is InChI=1S/C12H9F5N4O2/c1-21-5-8(19-6-21)10(22)20-9-3-2-7(4-18-9)23-12(16,17)11(13,14)15/h2-6H,1H3,(H,18,20,22). The van der Waals surface area contributed by atoms with Crippen LogP contribution in [0, 0.1) is 0 Å². The predicted molar refractivity (Wildman–Crippen MR) is 67.0 cm³/mol. The van der Waals surface area contributed by atoms with Crippen molar-refractivity contribution in [1.29, 1.82) is 0 Å². The number of imidazole rings is 1. The summed E-state index contributed by atoms with van der Waals surface area (Å²) < 4.78 is 66.5. The Bertz CT molecular complexity index is 696. The summed E-state index contributed by atoms with van der Waals surface area (Å²) in [5.41, 5.74) is 0.0817. The van der Waals surface area contributed by atoms with E-state index in [1.165, 1.54) is 17.1 Å². The molecule has 2 aromatic heterocycles. The Balaban J connectivity index is 2.04. The molecule has 0 spiro atoms. The van der Waals surface area contributed by atoms with Crippen molar-refractivity contribution < 1.29 is 31.5 Å². The summed E-state index contributed by atoms with van der Waals surface area (Å²) in [7, 11) is 1.65. The van der Waals surface area contributed by atoms with E-state index in [-0.39, 0.29) is 11.5 Å². The van der Waals surface area contributed by atoms with Gasteiger partial charge in [0.2, 0.25) is 0 Å². The highest BCUT2D eigenvalue weighted by Gasteiger charge is 2.61. The van der Waals surface area contributed by atoms with Crippen LogP contribution in [-0.4, -0.2) is 32.7 Å². The first-order valence-corrected chi connectivity index (χ1v) is 5.97. The first-order chi connectivity index (χ1) is 10.6. The second kappa shape index (κ2) is 5.82. The van der Waals surface area contributed by atoms with Crippen LogP contribution >= 0.6 is 0 Å². The third-order valence-corrected chi connectivity index (χ3v) is 2.49. The van der Waals surface area contributed by atoms with Crippen LogP contribution in [0.4, 0.5) is 27.8 Å². The average Bonchev–Trinajstić information content (AvgIpc) is 2.86. The number of pyridine rings is 1. The van der Waals surface area contributed by atoms with Gasteiger partial charge in [-0.1, -0.05) is 0 Å². The molecule has 124 valence electrons. The molecule has 0 fully saturated rings. The quantitative estimate of drug-likeness (QED) is 0.872. The van der Waals surface area contributed by atoms with Crippen molar-refractivity contribution in [3.8, 4) is 5.75 Å². The molecule has 1 N–H and O–H groups in total. The van der Waals surface area contributed by atoms with E-state index in [4.69, 9.17) is 0 Å². The number of aromatic nitrogens is 3. The molecule has 0 atom stereocenters. The summed E-state index contributed by atoms with van der Waals surface area (Å²) in [6.07, 6.45) is -7.74. The fraction of sp³-hybridized carbons (Fsp3) is 0.250. The van der Waals surface area contributed by atoms with Crippen LogP contribution in [0.15, 0.2) is 30.9 Å². The number of hydrogen-bond acceptors (Lipinski definition) is 4. The second-order valence-electron chi connectivity index (χ2n) is 4.37. The number of amides is 1. The third kappa shape index (κ3) is 3.93. The molecule has 0 aliphatic carbocycles. The van der Waals surface area contributed by atoms with Crippen molar-refractivity contribution in [3.63, 3.8) is 0 Å². The van der Waals surface area contributed by atoms with E-state index in [9.17, 15) is 26.7 Å². The molecule has 0 bridgehead atoms. The minimum absolute atomic E-state index is 0.0664. The summed E-state index contributed by atoms with van der Waals surface area (Å²) in [5, 5.41) is 2.30. The SMILES string of the molecule is Cn1cnc(C(=O)Nc2ccc(OC(F)(F)C(F)(F)F)cn2)c1. The van der Waals surface area contributed by atoms with Gasteiger partial charge >= 0.3 is 12.3 Å². The van der Waals surface area contributed by atoms with Crippen molar-refractivity contribution >= 4 is 11.7 Å². The molecule has 0 saturated heterocycles. The highest BCUT2D eigenvalue weighted by atomic mass is 19.4. The summed E-state index contributed by atoms with van der Waals surface area (Å²) >= 11 is 0. The zero-order valence-corrected chi connectivity index (χ0v) is 11.4. The first kappa shape index (κ1) is 16.6. The van der Waals surface area contributed by atoms with Crippen molar-refractivity contribution in [2.75, 3.05) is 5.32 Å². The molecule has 11 heteroatoms. The number of hydrogen-bond donors (Lipinski definition) is 1. The van der Waals surface area contributed by atoms with Gasteiger partial charge in [0, 0.05) is 13.2 Å². The topological polar surface area (TPSA) is 69.0 Å². The number of nitrogens with one attached hydrogen (secondary N) is 1. The molecule has 0 aliphatic rings. The van der Waals surface area contributed by atoms with Gasteiger partial charge in [0.1, 0.15) is 17.3 Å². The summed E-state index contributed by atoms with van der Waals surface area (Å²) in [4.78, 5) is 19.0.